The van der Waals surface area contributed by atoms with Crippen LogP contribution < -0.4 is 0 Å². The summed E-state index contributed by atoms with van der Waals surface area (Å²) in [5.41, 5.74) is 2.09. The summed E-state index contributed by atoms with van der Waals surface area (Å²) in [6.07, 6.45) is 5.11. The summed E-state index contributed by atoms with van der Waals surface area (Å²) >= 11 is 0. The van der Waals surface area contributed by atoms with Crippen LogP contribution in [0.5, 0.6) is 0 Å². The summed E-state index contributed by atoms with van der Waals surface area (Å²) in [5.74, 6) is -0.686. The van der Waals surface area contributed by atoms with Crippen molar-refractivity contribution >= 4 is 0 Å². The molecule has 1 aromatic carbocycles. The molecular formula is C17H21F3. The quantitative estimate of drug-likeness (QED) is 0.623. The Bertz CT molecular complexity index is 458. The van der Waals surface area contributed by atoms with E-state index < -0.39 is 0 Å². The number of allylic oxidation sites excluding steroid dienone is 4. The van der Waals surface area contributed by atoms with Crippen molar-refractivity contribution in [1.29, 1.82) is 0 Å². The van der Waals surface area contributed by atoms with Gasteiger partial charge in [0.25, 0.3) is 0 Å². The highest BCUT2D eigenvalue weighted by Crippen LogP contribution is 2.20. The third-order valence-corrected chi connectivity index (χ3v) is 3.26. The van der Waals surface area contributed by atoms with Crippen LogP contribution in [0.3, 0.4) is 0 Å². The van der Waals surface area contributed by atoms with Gasteiger partial charge in [0.05, 0.1) is 11.7 Å². The van der Waals surface area contributed by atoms with E-state index in [1.54, 1.807) is 13.0 Å². The van der Waals surface area contributed by atoms with E-state index in [0.717, 1.165) is 5.56 Å². The Morgan fingerprint density at radius 3 is 1.90 bits per heavy atom. The molecule has 0 bridgehead atoms. The second-order valence-corrected chi connectivity index (χ2v) is 4.98. The van der Waals surface area contributed by atoms with Crippen molar-refractivity contribution in [3.8, 4) is 0 Å². The Labute approximate surface area is 119 Å². The standard InChI is InChI=1S/C17H21F3/c1-12(18)6-4-8-15-10-11-16(17(20)14(15)3)9-5-7-13(2)19/h6-7,10-11H,4-5,8-9H2,1-3H3/b12-6-,13-7-. The van der Waals surface area contributed by atoms with Crippen LogP contribution in [-0.4, -0.2) is 0 Å². The predicted molar refractivity (Wildman–Crippen MR) is 77.5 cm³/mol. The van der Waals surface area contributed by atoms with Gasteiger partial charge in [-0.15, -0.1) is 0 Å². The first-order chi connectivity index (χ1) is 9.41. The van der Waals surface area contributed by atoms with Crippen LogP contribution in [0.25, 0.3) is 0 Å². The Hall–Kier alpha value is -1.51. The minimum absolute atomic E-state index is 0.215. The highest BCUT2D eigenvalue weighted by molar-refractivity contribution is 5.33. The third-order valence-electron chi connectivity index (χ3n) is 3.26. The zero-order chi connectivity index (χ0) is 15.1. The van der Waals surface area contributed by atoms with Crippen molar-refractivity contribution in [3.05, 3.63) is 58.4 Å². The zero-order valence-electron chi connectivity index (χ0n) is 12.3. The fourth-order valence-corrected chi connectivity index (χ4v) is 2.10. The Morgan fingerprint density at radius 2 is 1.40 bits per heavy atom. The maximum Gasteiger partial charge on any atom is 0.129 e. The largest absolute Gasteiger partial charge is 0.212 e. The average molecular weight is 282 g/mol. The molecule has 1 rings (SSSR count). The van der Waals surface area contributed by atoms with Gasteiger partial charge in [0.1, 0.15) is 5.82 Å². The molecular weight excluding hydrogens is 261 g/mol. The lowest BCUT2D eigenvalue weighted by Crippen LogP contribution is -1.98. The lowest BCUT2D eigenvalue weighted by molar-refractivity contribution is 0.594. The zero-order valence-corrected chi connectivity index (χ0v) is 12.3. The molecule has 0 aliphatic heterocycles. The van der Waals surface area contributed by atoms with Crippen LogP contribution in [0.4, 0.5) is 13.2 Å². The van der Waals surface area contributed by atoms with Gasteiger partial charge in [-0.2, -0.15) is 0 Å². The van der Waals surface area contributed by atoms with E-state index >= 15 is 0 Å². The van der Waals surface area contributed by atoms with Crippen LogP contribution in [0.15, 0.2) is 35.9 Å². The summed E-state index contributed by atoms with van der Waals surface area (Å²) in [4.78, 5) is 0. The first-order valence-corrected chi connectivity index (χ1v) is 6.83. The SMILES string of the molecule is C/C(F)=C/CCc1ccc(CC/C=C(/C)F)c(F)c1C. The fraction of sp³-hybridized carbons (Fsp3) is 0.412. The number of benzene rings is 1. The molecule has 0 radical (unpaired) electrons. The monoisotopic (exact) mass is 282 g/mol. The maximum absolute atomic E-state index is 14.2. The third kappa shape index (κ3) is 5.24. The van der Waals surface area contributed by atoms with Gasteiger partial charge in [-0.05, 0) is 63.1 Å². The van der Waals surface area contributed by atoms with Gasteiger partial charge in [-0.1, -0.05) is 24.3 Å². The van der Waals surface area contributed by atoms with E-state index in [2.05, 4.69) is 0 Å². The lowest BCUT2D eigenvalue weighted by Gasteiger charge is -2.10. The molecule has 20 heavy (non-hydrogen) atoms. The number of hydrogen-bond donors (Lipinski definition) is 0. The molecule has 0 saturated carbocycles. The lowest BCUT2D eigenvalue weighted by atomic mass is 9.98. The summed E-state index contributed by atoms with van der Waals surface area (Å²) in [6, 6.07) is 3.62. The minimum atomic E-state index is -0.243. The van der Waals surface area contributed by atoms with Gasteiger partial charge < -0.3 is 0 Å². The summed E-state index contributed by atoms with van der Waals surface area (Å²) in [5, 5.41) is 0. The van der Waals surface area contributed by atoms with Crippen LogP contribution in [0.1, 0.15) is 43.4 Å². The van der Waals surface area contributed by atoms with Crippen molar-refractivity contribution in [1.82, 2.24) is 0 Å². The number of halogens is 3. The van der Waals surface area contributed by atoms with Gasteiger partial charge in [0, 0.05) is 0 Å². The highest BCUT2D eigenvalue weighted by atomic mass is 19.1. The molecule has 0 heterocycles. The molecule has 1 aromatic rings. The molecule has 0 aromatic heterocycles. The first-order valence-electron chi connectivity index (χ1n) is 6.83. The molecule has 0 amide bonds. The fourth-order valence-electron chi connectivity index (χ4n) is 2.10. The Morgan fingerprint density at radius 1 is 0.950 bits per heavy atom. The molecule has 0 spiro atoms. The number of aryl methyl sites for hydroxylation is 2. The van der Waals surface area contributed by atoms with E-state index in [4.69, 9.17) is 0 Å². The Balaban J connectivity index is 2.76. The van der Waals surface area contributed by atoms with Crippen molar-refractivity contribution in [2.75, 3.05) is 0 Å². The van der Waals surface area contributed by atoms with Crippen LogP contribution in [-0.2, 0) is 12.8 Å². The first kappa shape index (κ1) is 16.5. The predicted octanol–water partition coefficient (Wildman–Crippen LogP) is 5.75. The normalized spacial score (nSPS) is 12.9. The molecule has 3 heteroatoms. The molecule has 0 aliphatic rings. The van der Waals surface area contributed by atoms with Crippen LogP contribution in [0.2, 0.25) is 0 Å². The van der Waals surface area contributed by atoms with E-state index in [1.165, 1.54) is 26.0 Å². The number of hydrogen-bond acceptors (Lipinski definition) is 0. The molecule has 0 aliphatic carbocycles. The second kappa shape index (κ2) is 7.93. The van der Waals surface area contributed by atoms with Crippen molar-refractivity contribution in [2.24, 2.45) is 0 Å². The molecule has 0 atom stereocenters. The minimum Gasteiger partial charge on any atom is -0.212 e. The van der Waals surface area contributed by atoms with E-state index in [9.17, 15) is 13.2 Å². The molecule has 0 N–H and O–H groups in total. The highest BCUT2D eigenvalue weighted by Gasteiger charge is 2.09. The van der Waals surface area contributed by atoms with E-state index in [1.807, 2.05) is 6.07 Å². The Kier molecular flexibility index (Phi) is 6.56. The smallest absolute Gasteiger partial charge is 0.129 e. The maximum atomic E-state index is 14.2. The topological polar surface area (TPSA) is 0 Å². The average Bonchev–Trinajstić information content (AvgIpc) is 2.36. The second-order valence-electron chi connectivity index (χ2n) is 4.98. The summed E-state index contributed by atoms with van der Waals surface area (Å²) < 4.78 is 39.4. The van der Waals surface area contributed by atoms with Crippen molar-refractivity contribution in [2.45, 2.75) is 46.5 Å². The van der Waals surface area contributed by atoms with Crippen LogP contribution >= 0.6 is 0 Å². The summed E-state index contributed by atoms with van der Waals surface area (Å²) in [7, 11) is 0. The number of rotatable bonds is 6. The van der Waals surface area contributed by atoms with Gasteiger partial charge in [0.2, 0.25) is 0 Å². The molecule has 0 unspecified atom stereocenters. The molecule has 0 nitrogen and oxygen atoms in total. The molecule has 0 saturated heterocycles. The van der Waals surface area contributed by atoms with Gasteiger partial charge in [0.15, 0.2) is 0 Å². The van der Waals surface area contributed by atoms with Crippen molar-refractivity contribution < 1.29 is 13.2 Å². The van der Waals surface area contributed by atoms with Gasteiger partial charge >= 0.3 is 0 Å². The van der Waals surface area contributed by atoms with Gasteiger partial charge in [-0.25, -0.2) is 13.2 Å². The summed E-state index contributed by atoms with van der Waals surface area (Å²) in [6.45, 7) is 4.51. The van der Waals surface area contributed by atoms with Gasteiger partial charge in [-0.3, -0.25) is 0 Å². The van der Waals surface area contributed by atoms with E-state index in [0.29, 0.717) is 36.8 Å². The molecule has 0 fully saturated rings. The van der Waals surface area contributed by atoms with Crippen molar-refractivity contribution in [3.63, 3.8) is 0 Å². The van der Waals surface area contributed by atoms with Crippen LogP contribution in [0, 0.1) is 12.7 Å². The molecule has 110 valence electrons. The van der Waals surface area contributed by atoms with E-state index in [-0.39, 0.29) is 17.5 Å².